The third kappa shape index (κ3) is 7.08. The molecule has 0 spiro atoms. The lowest BCUT2D eigenvalue weighted by Crippen LogP contribution is -2.51. The van der Waals surface area contributed by atoms with E-state index in [1.54, 1.807) is 12.1 Å². The van der Waals surface area contributed by atoms with Crippen molar-refractivity contribution in [3.8, 4) is 5.75 Å². The van der Waals surface area contributed by atoms with Crippen molar-refractivity contribution in [1.82, 2.24) is 10.2 Å². The highest BCUT2D eigenvalue weighted by Crippen LogP contribution is 2.11. The number of nitrogens with zero attached hydrogens (tertiary/aromatic N) is 1. The average molecular weight is 365 g/mol. The highest BCUT2D eigenvalue weighted by Gasteiger charge is 2.23. The van der Waals surface area contributed by atoms with Crippen molar-refractivity contribution >= 4 is 17.7 Å². The molecule has 0 aliphatic heterocycles. The van der Waals surface area contributed by atoms with E-state index in [1.807, 2.05) is 0 Å². The first-order chi connectivity index (χ1) is 12.2. The van der Waals surface area contributed by atoms with Crippen molar-refractivity contribution in [3.63, 3.8) is 0 Å². The van der Waals surface area contributed by atoms with Crippen LogP contribution >= 0.6 is 0 Å². The number of amides is 3. The molecule has 8 N–H and O–H groups in total. The van der Waals surface area contributed by atoms with Gasteiger partial charge in [-0.1, -0.05) is 12.1 Å². The van der Waals surface area contributed by atoms with Gasteiger partial charge in [-0.25, -0.2) is 0 Å². The Kier molecular flexibility index (Phi) is 8.53. The molecule has 9 heteroatoms. The van der Waals surface area contributed by atoms with Gasteiger partial charge in [-0.05, 0) is 37.1 Å². The molecule has 0 saturated carbocycles. The number of likely N-dealkylation sites (N-methyl/N-ethyl adjacent to an activating group) is 1. The van der Waals surface area contributed by atoms with Crippen molar-refractivity contribution in [2.24, 2.45) is 17.2 Å². The van der Waals surface area contributed by atoms with Crippen LogP contribution in [-0.4, -0.2) is 59.9 Å². The first kappa shape index (κ1) is 21.4. The van der Waals surface area contributed by atoms with Gasteiger partial charge in [-0.15, -0.1) is 0 Å². The number of hydrogen-bond donors (Lipinski definition) is 5. The number of carbonyl (C=O) groups is 3. The zero-order valence-electron chi connectivity index (χ0n) is 14.9. The van der Waals surface area contributed by atoms with Crippen LogP contribution in [0.15, 0.2) is 24.3 Å². The SMILES string of the molecule is CN(CC(=O)NC(Cc1ccc(O)cc1)C(N)=O)C(=O)C(N)CCCN. The van der Waals surface area contributed by atoms with Crippen LogP contribution < -0.4 is 22.5 Å². The first-order valence-corrected chi connectivity index (χ1v) is 8.31. The molecule has 144 valence electrons. The van der Waals surface area contributed by atoms with Gasteiger partial charge >= 0.3 is 0 Å². The number of hydrogen-bond acceptors (Lipinski definition) is 6. The van der Waals surface area contributed by atoms with E-state index in [9.17, 15) is 19.5 Å². The number of benzene rings is 1. The van der Waals surface area contributed by atoms with Crippen molar-refractivity contribution in [1.29, 1.82) is 0 Å². The molecular weight excluding hydrogens is 338 g/mol. The smallest absolute Gasteiger partial charge is 0.240 e. The molecular formula is C17H27N5O4. The van der Waals surface area contributed by atoms with Gasteiger partial charge in [-0.2, -0.15) is 0 Å². The maximum absolute atomic E-state index is 12.1. The van der Waals surface area contributed by atoms with Gasteiger partial charge in [0.15, 0.2) is 0 Å². The molecule has 0 saturated heterocycles. The van der Waals surface area contributed by atoms with E-state index >= 15 is 0 Å². The Balaban J connectivity index is 2.60. The van der Waals surface area contributed by atoms with Gasteiger partial charge in [0.2, 0.25) is 17.7 Å². The van der Waals surface area contributed by atoms with Crippen LogP contribution in [0, 0.1) is 0 Å². The van der Waals surface area contributed by atoms with Crippen LogP contribution in [0.4, 0.5) is 0 Å². The van der Waals surface area contributed by atoms with Crippen molar-refractivity contribution in [2.75, 3.05) is 20.1 Å². The Morgan fingerprint density at radius 2 is 1.85 bits per heavy atom. The predicted octanol–water partition coefficient (Wildman–Crippen LogP) is -1.57. The standard InChI is InChI=1S/C17H27N5O4/c1-22(17(26)13(19)3-2-8-18)10-15(24)21-14(16(20)25)9-11-4-6-12(23)7-5-11/h4-7,13-14,23H,2-3,8-10,18-19H2,1H3,(H2,20,25)(H,21,24). The number of phenolic OH excluding ortho intramolecular Hbond substituents is 1. The summed E-state index contributed by atoms with van der Waals surface area (Å²) >= 11 is 0. The molecule has 0 bridgehead atoms. The summed E-state index contributed by atoms with van der Waals surface area (Å²) in [6, 6.07) is 4.56. The van der Waals surface area contributed by atoms with E-state index in [-0.39, 0.29) is 24.6 Å². The molecule has 0 fully saturated rings. The summed E-state index contributed by atoms with van der Waals surface area (Å²) in [6.07, 6.45) is 1.23. The van der Waals surface area contributed by atoms with Gasteiger partial charge in [0.1, 0.15) is 11.8 Å². The molecule has 2 atom stereocenters. The maximum atomic E-state index is 12.1. The monoisotopic (exact) mass is 365 g/mol. The lowest BCUT2D eigenvalue weighted by atomic mass is 10.1. The molecule has 0 heterocycles. The molecule has 26 heavy (non-hydrogen) atoms. The van der Waals surface area contributed by atoms with Crippen LogP contribution in [0.5, 0.6) is 5.75 Å². The lowest BCUT2D eigenvalue weighted by Gasteiger charge is -2.22. The van der Waals surface area contributed by atoms with Gasteiger partial charge in [-0.3, -0.25) is 14.4 Å². The first-order valence-electron chi connectivity index (χ1n) is 8.31. The van der Waals surface area contributed by atoms with E-state index in [0.717, 1.165) is 5.56 Å². The number of phenols is 1. The van der Waals surface area contributed by atoms with Gasteiger partial charge < -0.3 is 32.5 Å². The topological polar surface area (TPSA) is 165 Å². The predicted molar refractivity (Wildman–Crippen MR) is 96.8 cm³/mol. The number of nitrogens with two attached hydrogens (primary N) is 3. The normalized spacial score (nSPS) is 12.9. The zero-order valence-corrected chi connectivity index (χ0v) is 14.9. The van der Waals surface area contributed by atoms with Crippen molar-refractivity contribution in [3.05, 3.63) is 29.8 Å². The highest BCUT2D eigenvalue weighted by atomic mass is 16.3. The number of carbonyl (C=O) groups excluding carboxylic acids is 3. The average Bonchev–Trinajstić information content (AvgIpc) is 2.59. The van der Waals surface area contributed by atoms with E-state index in [4.69, 9.17) is 17.2 Å². The van der Waals surface area contributed by atoms with E-state index in [2.05, 4.69) is 5.32 Å². The number of nitrogens with one attached hydrogen (secondary N) is 1. The second-order valence-corrected chi connectivity index (χ2v) is 6.12. The largest absolute Gasteiger partial charge is 0.508 e. The maximum Gasteiger partial charge on any atom is 0.240 e. The molecule has 1 aromatic rings. The van der Waals surface area contributed by atoms with Gasteiger partial charge in [0, 0.05) is 13.5 Å². The van der Waals surface area contributed by atoms with Crippen LogP contribution in [0.2, 0.25) is 0 Å². The van der Waals surface area contributed by atoms with Crippen LogP contribution in [-0.2, 0) is 20.8 Å². The summed E-state index contributed by atoms with van der Waals surface area (Å²) < 4.78 is 0. The minimum atomic E-state index is -0.929. The molecule has 0 aliphatic carbocycles. The second-order valence-electron chi connectivity index (χ2n) is 6.12. The van der Waals surface area contributed by atoms with E-state index in [0.29, 0.717) is 19.4 Å². The molecule has 9 nitrogen and oxygen atoms in total. The Morgan fingerprint density at radius 1 is 1.23 bits per heavy atom. The third-order valence-corrected chi connectivity index (χ3v) is 3.85. The Hall–Kier alpha value is -2.65. The Morgan fingerprint density at radius 3 is 2.38 bits per heavy atom. The lowest BCUT2D eigenvalue weighted by molar-refractivity contribution is -0.136. The fourth-order valence-electron chi connectivity index (χ4n) is 2.37. The molecule has 0 aliphatic rings. The Labute approximate surface area is 152 Å². The van der Waals surface area contributed by atoms with E-state index < -0.39 is 23.9 Å². The van der Waals surface area contributed by atoms with Gasteiger partial charge in [0.25, 0.3) is 0 Å². The quantitative estimate of drug-likeness (QED) is 0.336. The third-order valence-electron chi connectivity index (χ3n) is 3.85. The molecule has 0 radical (unpaired) electrons. The number of rotatable bonds is 10. The summed E-state index contributed by atoms with van der Waals surface area (Å²) in [5.74, 6) is -1.49. The van der Waals surface area contributed by atoms with Crippen molar-refractivity contribution in [2.45, 2.75) is 31.3 Å². The highest BCUT2D eigenvalue weighted by molar-refractivity contribution is 5.90. The van der Waals surface area contributed by atoms with Crippen LogP contribution in [0.3, 0.4) is 0 Å². The van der Waals surface area contributed by atoms with Gasteiger partial charge in [0.05, 0.1) is 12.6 Å². The molecule has 3 amide bonds. The molecule has 2 unspecified atom stereocenters. The van der Waals surface area contributed by atoms with Crippen LogP contribution in [0.1, 0.15) is 18.4 Å². The van der Waals surface area contributed by atoms with Crippen molar-refractivity contribution < 1.29 is 19.5 Å². The minimum Gasteiger partial charge on any atom is -0.508 e. The summed E-state index contributed by atoms with van der Waals surface area (Å²) in [7, 11) is 1.46. The summed E-state index contributed by atoms with van der Waals surface area (Å²) in [4.78, 5) is 37.0. The second kappa shape index (κ2) is 10.4. The zero-order chi connectivity index (χ0) is 19.7. The van der Waals surface area contributed by atoms with E-state index in [1.165, 1.54) is 24.1 Å². The number of aromatic hydroxyl groups is 1. The summed E-state index contributed by atoms with van der Waals surface area (Å²) in [6.45, 7) is 0.192. The molecule has 0 aromatic heterocycles. The summed E-state index contributed by atoms with van der Waals surface area (Å²) in [5, 5.41) is 11.8. The number of primary amides is 1. The fourth-order valence-corrected chi connectivity index (χ4v) is 2.37. The van der Waals surface area contributed by atoms with Crippen LogP contribution in [0.25, 0.3) is 0 Å². The minimum absolute atomic E-state index is 0.0968. The fraction of sp³-hybridized carbons (Fsp3) is 0.471. The Bertz CT molecular complexity index is 620. The molecule has 1 rings (SSSR count). The molecule has 1 aromatic carbocycles. The summed E-state index contributed by atoms with van der Waals surface area (Å²) in [5.41, 5.74) is 17.2.